The molecule has 0 saturated carbocycles. The summed E-state index contributed by atoms with van der Waals surface area (Å²) in [6, 6.07) is 83.5. The van der Waals surface area contributed by atoms with Gasteiger partial charge in [0.05, 0.1) is 0 Å². The van der Waals surface area contributed by atoms with Crippen LogP contribution in [0.15, 0.2) is 239 Å². The van der Waals surface area contributed by atoms with Crippen molar-refractivity contribution in [1.29, 1.82) is 0 Å². The van der Waals surface area contributed by atoms with E-state index in [-0.39, 0.29) is 0 Å². The van der Waals surface area contributed by atoms with Crippen LogP contribution >= 0.6 is 31.9 Å². The summed E-state index contributed by atoms with van der Waals surface area (Å²) in [5, 5.41) is 11.2. The normalized spacial score (nSPS) is 11.3. The van der Waals surface area contributed by atoms with E-state index in [1.807, 2.05) is 0 Å². The minimum absolute atomic E-state index is 1.12. The van der Waals surface area contributed by atoms with Crippen molar-refractivity contribution in [3.63, 3.8) is 0 Å². The van der Waals surface area contributed by atoms with Crippen molar-refractivity contribution in [2.24, 2.45) is 0 Å². The van der Waals surface area contributed by atoms with Crippen LogP contribution < -0.4 is 41.5 Å². The van der Waals surface area contributed by atoms with Gasteiger partial charge in [0.1, 0.15) is 0 Å². The average Bonchev–Trinajstić information content (AvgIpc) is 3.21. The van der Waals surface area contributed by atoms with E-state index in [0.29, 0.717) is 0 Å². The van der Waals surface area contributed by atoms with E-state index in [9.17, 15) is 0 Å². The summed E-state index contributed by atoms with van der Waals surface area (Å²) >= 11 is 7.39. The second-order valence-corrected chi connectivity index (χ2v) is 22.2. The first-order valence-electron chi connectivity index (χ1n) is 17.5. The molecule has 0 nitrogen and oxygen atoms in total. The molecule has 0 bridgehead atoms. The lowest BCUT2D eigenvalue weighted by Crippen LogP contribution is -2.74. The zero-order valence-electron chi connectivity index (χ0n) is 28.7. The zero-order valence-corrected chi connectivity index (χ0v) is 33.9. The van der Waals surface area contributed by atoms with Crippen molar-refractivity contribution in [2.45, 2.75) is 0 Å². The molecule has 0 saturated heterocycles. The summed E-state index contributed by atoms with van der Waals surface area (Å²) in [6.45, 7) is 0. The SMILES string of the molecule is Brc1cccc([Si](c2ccccc2)(c2ccccc2)c2ccccc2)c1.Brc1cccc([Si](c2ccccc2)(c2ccccc2)c2ccccc2)c1. The first-order valence-corrected chi connectivity index (χ1v) is 23.1. The molecule has 0 atom stereocenters. The lowest BCUT2D eigenvalue weighted by atomic mass is 10.3. The Hall–Kier alpha value is -4.85. The van der Waals surface area contributed by atoms with Gasteiger partial charge in [0, 0.05) is 8.95 Å². The van der Waals surface area contributed by atoms with Crippen molar-refractivity contribution in [3.05, 3.63) is 239 Å². The molecule has 252 valence electrons. The maximum Gasteiger partial charge on any atom is 0.179 e. The van der Waals surface area contributed by atoms with Gasteiger partial charge in [-0.25, -0.2) is 0 Å². The summed E-state index contributed by atoms with van der Waals surface area (Å²) in [7, 11) is -4.72. The zero-order chi connectivity index (χ0) is 35.6. The van der Waals surface area contributed by atoms with Gasteiger partial charge in [-0.05, 0) is 65.8 Å². The molecular formula is C48H38Br2Si2. The molecule has 0 aliphatic carbocycles. The van der Waals surface area contributed by atoms with Crippen molar-refractivity contribution in [1.82, 2.24) is 0 Å². The van der Waals surface area contributed by atoms with E-state index in [4.69, 9.17) is 0 Å². The van der Waals surface area contributed by atoms with Crippen LogP contribution in [0.5, 0.6) is 0 Å². The Bertz CT molecular complexity index is 1940. The fourth-order valence-corrected chi connectivity index (χ4v) is 18.4. The quantitative estimate of drug-likeness (QED) is 0.109. The topological polar surface area (TPSA) is 0 Å². The fourth-order valence-electron chi connectivity index (χ4n) is 7.57. The van der Waals surface area contributed by atoms with E-state index in [0.717, 1.165) is 8.95 Å². The molecule has 8 aromatic rings. The minimum Gasteiger partial charge on any atom is -0.0623 e. The maximum atomic E-state index is 3.69. The van der Waals surface area contributed by atoms with Crippen LogP contribution in [0.4, 0.5) is 0 Å². The van der Waals surface area contributed by atoms with E-state index in [1.165, 1.54) is 41.5 Å². The first-order chi connectivity index (χ1) is 25.6. The second-order valence-electron chi connectivity index (χ2n) is 12.7. The third kappa shape index (κ3) is 7.12. The summed E-state index contributed by atoms with van der Waals surface area (Å²) in [4.78, 5) is 0. The number of halogens is 2. The first kappa shape index (κ1) is 35.6. The van der Waals surface area contributed by atoms with Gasteiger partial charge in [0.2, 0.25) is 0 Å². The number of hydrogen-bond acceptors (Lipinski definition) is 0. The van der Waals surface area contributed by atoms with Crippen molar-refractivity contribution < 1.29 is 0 Å². The van der Waals surface area contributed by atoms with Gasteiger partial charge >= 0.3 is 0 Å². The van der Waals surface area contributed by atoms with E-state index < -0.39 is 16.1 Å². The van der Waals surface area contributed by atoms with Gasteiger partial charge in [-0.2, -0.15) is 0 Å². The average molecular weight is 831 g/mol. The Labute approximate surface area is 326 Å². The molecule has 0 aromatic heterocycles. The lowest BCUT2D eigenvalue weighted by Gasteiger charge is -2.34. The van der Waals surface area contributed by atoms with Gasteiger partial charge in [-0.1, -0.05) is 238 Å². The lowest BCUT2D eigenvalue weighted by molar-refractivity contribution is 1.64. The standard InChI is InChI=1S/2C24H19BrSi/c2*25-20-11-10-18-24(19-20)26(21-12-4-1-5-13-21,22-14-6-2-7-15-22)23-16-8-3-9-17-23/h2*1-19H. The van der Waals surface area contributed by atoms with Crippen LogP contribution in [0.3, 0.4) is 0 Å². The maximum absolute atomic E-state index is 3.69. The Kier molecular flexibility index (Phi) is 11.4. The molecular weight excluding hydrogens is 793 g/mol. The third-order valence-electron chi connectivity index (χ3n) is 9.76. The molecule has 8 rings (SSSR count). The molecule has 4 heteroatoms. The summed E-state index contributed by atoms with van der Waals surface area (Å²) in [5.74, 6) is 0. The smallest absolute Gasteiger partial charge is 0.0623 e. The highest BCUT2D eigenvalue weighted by Crippen LogP contribution is 2.15. The van der Waals surface area contributed by atoms with Crippen LogP contribution in [0, 0.1) is 0 Å². The monoisotopic (exact) mass is 828 g/mol. The molecule has 0 heterocycles. The number of rotatable bonds is 8. The van der Waals surface area contributed by atoms with Crippen LogP contribution in [0.1, 0.15) is 0 Å². The highest BCUT2D eigenvalue weighted by atomic mass is 79.9. The van der Waals surface area contributed by atoms with E-state index >= 15 is 0 Å². The Morgan fingerprint density at radius 3 is 0.596 bits per heavy atom. The van der Waals surface area contributed by atoms with Crippen molar-refractivity contribution in [3.8, 4) is 0 Å². The Balaban J connectivity index is 0.000000162. The molecule has 0 radical (unpaired) electrons. The minimum atomic E-state index is -2.36. The highest BCUT2D eigenvalue weighted by molar-refractivity contribution is 9.10. The van der Waals surface area contributed by atoms with Crippen molar-refractivity contribution >= 4 is 89.5 Å². The van der Waals surface area contributed by atoms with Gasteiger partial charge in [0.25, 0.3) is 0 Å². The molecule has 0 spiro atoms. The molecule has 0 N–H and O–H groups in total. The highest BCUT2D eigenvalue weighted by Gasteiger charge is 2.42. The predicted molar refractivity (Wildman–Crippen MR) is 236 cm³/mol. The molecule has 0 unspecified atom stereocenters. The number of hydrogen-bond donors (Lipinski definition) is 0. The van der Waals surface area contributed by atoms with Gasteiger partial charge in [0.15, 0.2) is 16.1 Å². The van der Waals surface area contributed by atoms with Crippen LogP contribution in [-0.4, -0.2) is 16.1 Å². The van der Waals surface area contributed by atoms with E-state index in [1.54, 1.807) is 0 Å². The summed E-state index contributed by atoms with van der Waals surface area (Å²) in [5.41, 5.74) is 0. The van der Waals surface area contributed by atoms with Gasteiger partial charge in [-0.3, -0.25) is 0 Å². The second kappa shape index (κ2) is 16.7. The largest absolute Gasteiger partial charge is 0.179 e. The predicted octanol–water partition coefficient (Wildman–Crippen LogP) is 7.65. The number of benzene rings is 8. The van der Waals surface area contributed by atoms with Crippen LogP contribution in [0.2, 0.25) is 0 Å². The molecule has 0 amide bonds. The van der Waals surface area contributed by atoms with Crippen LogP contribution in [-0.2, 0) is 0 Å². The van der Waals surface area contributed by atoms with Crippen LogP contribution in [0.25, 0.3) is 0 Å². The Morgan fingerprint density at radius 1 is 0.212 bits per heavy atom. The molecule has 8 aromatic carbocycles. The third-order valence-corrected chi connectivity index (χ3v) is 20.3. The fraction of sp³-hybridized carbons (Fsp3) is 0. The molecule has 0 aliphatic rings. The van der Waals surface area contributed by atoms with E-state index in [2.05, 4.69) is 262 Å². The van der Waals surface area contributed by atoms with Gasteiger partial charge in [-0.15, -0.1) is 0 Å². The molecule has 0 aliphatic heterocycles. The van der Waals surface area contributed by atoms with Gasteiger partial charge < -0.3 is 0 Å². The summed E-state index contributed by atoms with van der Waals surface area (Å²) < 4.78 is 2.24. The van der Waals surface area contributed by atoms with Crippen molar-refractivity contribution in [2.75, 3.05) is 0 Å². The molecule has 0 fully saturated rings. The summed E-state index contributed by atoms with van der Waals surface area (Å²) in [6.07, 6.45) is 0. The Morgan fingerprint density at radius 2 is 0.404 bits per heavy atom. The molecule has 52 heavy (non-hydrogen) atoms.